The van der Waals surface area contributed by atoms with E-state index >= 15 is 0 Å². The van der Waals surface area contributed by atoms with Gasteiger partial charge in [-0.05, 0) is 37.9 Å². The number of pyridine rings is 1. The van der Waals surface area contributed by atoms with Crippen LogP contribution in [0.1, 0.15) is 30.1 Å². The number of amides is 1. The Balaban J connectivity index is 1.91. The Morgan fingerprint density at radius 1 is 1.47 bits per heavy atom. The Morgan fingerprint density at radius 3 is 2.84 bits per heavy atom. The minimum Gasteiger partial charge on any atom is -0.339 e. The number of carbonyl (C=O) groups is 1. The summed E-state index contributed by atoms with van der Waals surface area (Å²) in [6.45, 7) is 5.68. The summed E-state index contributed by atoms with van der Waals surface area (Å²) in [5, 5.41) is 3.35. The maximum absolute atomic E-state index is 12.2. The van der Waals surface area contributed by atoms with Crippen molar-refractivity contribution in [2.45, 2.75) is 19.8 Å². The SMILES string of the molecule is CCNCC1CCN(C(=O)c2cc[nH]c(=O)c2)CC1. The molecule has 5 nitrogen and oxygen atoms in total. The Labute approximate surface area is 113 Å². The summed E-state index contributed by atoms with van der Waals surface area (Å²) >= 11 is 0. The van der Waals surface area contributed by atoms with Gasteiger partial charge in [-0.15, -0.1) is 0 Å². The maximum atomic E-state index is 12.2. The molecule has 19 heavy (non-hydrogen) atoms. The van der Waals surface area contributed by atoms with Gasteiger partial charge in [0.15, 0.2) is 0 Å². The molecule has 0 atom stereocenters. The molecule has 2 N–H and O–H groups in total. The zero-order chi connectivity index (χ0) is 13.7. The van der Waals surface area contributed by atoms with Gasteiger partial charge in [0.25, 0.3) is 5.91 Å². The number of likely N-dealkylation sites (tertiary alicyclic amines) is 1. The smallest absolute Gasteiger partial charge is 0.254 e. The number of H-pyrrole nitrogens is 1. The average molecular weight is 263 g/mol. The van der Waals surface area contributed by atoms with Crippen LogP contribution < -0.4 is 10.9 Å². The molecule has 0 aromatic carbocycles. The first-order valence-corrected chi connectivity index (χ1v) is 6.89. The normalized spacial score (nSPS) is 16.6. The number of hydrogen-bond acceptors (Lipinski definition) is 3. The second kappa shape index (κ2) is 6.52. The quantitative estimate of drug-likeness (QED) is 0.846. The summed E-state index contributed by atoms with van der Waals surface area (Å²) < 4.78 is 0. The van der Waals surface area contributed by atoms with Gasteiger partial charge in [0.2, 0.25) is 5.56 Å². The van der Waals surface area contributed by atoms with Crippen LogP contribution in [0.25, 0.3) is 0 Å². The van der Waals surface area contributed by atoms with Crippen molar-refractivity contribution in [1.82, 2.24) is 15.2 Å². The molecule has 0 saturated carbocycles. The highest BCUT2D eigenvalue weighted by molar-refractivity contribution is 5.94. The molecule has 104 valence electrons. The van der Waals surface area contributed by atoms with Gasteiger partial charge in [-0.3, -0.25) is 9.59 Å². The minimum atomic E-state index is -0.229. The van der Waals surface area contributed by atoms with Crippen molar-refractivity contribution < 1.29 is 4.79 Å². The molecule has 1 aliphatic heterocycles. The molecule has 1 aromatic rings. The number of hydrogen-bond donors (Lipinski definition) is 2. The fourth-order valence-electron chi connectivity index (χ4n) is 2.45. The molecule has 0 aliphatic carbocycles. The number of piperidine rings is 1. The predicted octanol–water partition coefficient (Wildman–Crippen LogP) is 0.837. The van der Waals surface area contributed by atoms with Gasteiger partial charge in [0.1, 0.15) is 0 Å². The van der Waals surface area contributed by atoms with Gasteiger partial charge in [-0.1, -0.05) is 6.92 Å². The van der Waals surface area contributed by atoms with E-state index in [1.54, 1.807) is 6.07 Å². The fraction of sp³-hybridized carbons (Fsp3) is 0.571. The average Bonchev–Trinajstić information content (AvgIpc) is 2.45. The van der Waals surface area contributed by atoms with Crippen LogP contribution in [0.5, 0.6) is 0 Å². The Bertz CT molecular complexity index is 476. The van der Waals surface area contributed by atoms with Crippen LogP contribution in [-0.4, -0.2) is 42.0 Å². The second-order valence-corrected chi connectivity index (χ2v) is 4.98. The third-order valence-corrected chi connectivity index (χ3v) is 3.61. The van der Waals surface area contributed by atoms with E-state index in [1.807, 2.05) is 4.90 Å². The largest absolute Gasteiger partial charge is 0.339 e. The van der Waals surface area contributed by atoms with Gasteiger partial charge in [-0.25, -0.2) is 0 Å². The highest BCUT2D eigenvalue weighted by atomic mass is 16.2. The first kappa shape index (κ1) is 13.8. The van der Waals surface area contributed by atoms with Crippen molar-refractivity contribution in [1.29, 1.82) is 0 Å². The van der Waals surface area contributed by atoms with Crippen molar-refractivity contribution in [3.63, 3.8) is 0 Å². The Morgan fingerprint density at radius 2 is 2.21 bits per heavy atom. The van der Waals surface area contributed by atoms with Crippen LogP contribution in [0, 0.1) is 5.92 Å². The molecule has 2 rings (SSSR count). The molecular formula is C14H21N3O2. The number of nitrogens with zero attached hydrogens (tertiary/aromatic N) is 1. The summed E-state index contributed by atoms with van der Waals surface area (Å²) in [4.78, 5) is 27.8. The predicted molar refractivity (Wildman–Crippen MR) is 74.2 cm³/mol. The lowest BCUT2D eigenvalue weighted by Crippen LogP contribution is -2.41. The molecule has 1 aromatic heterocycles. The minimum absolute atomic E-state index is 0.0343. The van der Waals surface area contributed by atoms with Crippen LogP contribution in [0.4, 0.5) is 0 Å². The van der Waals surface area contributed by atoms with E-state index in [2.05, 4.69) is 17.2 Å². The van der Waals surface area contributed by atoms with E-state index in [1.165, 1.54) is 12.3 Å². The molecule has 1 aliphatic rings. The fourth-order valence-corrected chi connectivity index (χ4v) is 2.45. The third kappa shape index (κ3) is 3.67. The number of aromatic amines is 1. The zero-order valence-electron chi connectivity index (χ0n) is 11.3. The monoisotopic (exact) mass is 263 g/mol. The highest BCUT2D eigenvalue weighted by Crippen LogP contribution is 2.18. The first-order valence-electron chi connectivity index (χ1n) is 6.89. The molecular weight excluding hydrogens is 242 g/mol. The lowest BCUT2D eigenvalue weighted by molar-refractivity contribution is 0.0690. The number of nitrogens with one attached hydrogen (secondary N) is 2. The van der Waals surface area contributed by atoms with E-state index in [4.69, 9.17) is 0 Å². The second-order valence-electron chi connectivity index (χ2n) is 4.98. The van der Waals surface area contributed by atoms with E-state index < -0.39 is 0 Å². The summed E-state index contributed by atoms with van der Waals surface area (Å²) in [5.41, 5.74) is 0.252. The molecule has 0 radical (unpaired) electrons. The first-order chi connectivity index (χ1) is 9.20. The lowest BCUT2D eigenvalue weighted by Gasteiger charge is -2.32. The van der Waals surface area contributed by atoms with E-state index in [0.29, 0.717) is 11.5 Å². The molecule has 0 spiro atoms. The summed E-state index contributed by atoms with van der Waals surface area (Å²) in [6, 6.07) is 3.03. The lowest BCUT2D eigenvalue weighted by atomic mass is 9.96. The van der Waals surface area contributed by atoms with Crippen molar-refractivity contribution in [2.75, 3.05) is 26.2 Å². The summed E-state index contributed by atoms with van der Waals surface area (Å²) in [7, 11) is 0. The third-order valence-electron chi connectivity index (χ3n) is 3.61. The molecule has 0 unspecified atom stereocenters. The van der Waals surface area contributed by atoms with Crippen LogP contribution >= 0.6 is 0 Å². The number of rotatable bonds is 4. The molecule has 1 saturated heterocycles. The number of aromatic nitrogens is 1. The maximum Gasteiger partial charge on any atom is 0.254 e. The molecule has 2 heterocycles. The van der Waals surface area contributed by atoms with Crippen LogP contribution in [0.3, 0.4) is 0 Å². The van der Waals surface area contributed by atoms with E-state index in [0.717, 1.165) is 39.0 Å². The summed E-state index contributed by atoms with van der Waals surface area (Å²) in [5.74, 6) is 0.621. The zero-order valence-corrected chi connectivity index (χ0v) is 11.3. The molecule has 5 heteroatoms. The molecule has 1 amide bonds. The van der Waals surface area contributed by atoms with Gasteiger partial charge in [-0.2, -0.15) is 0 Å². The van der Waals surface area contributed by atoms with Gasteiger partial charge >= 0.3 is 0 Å². The van der Waals surface area contributed by atoms with Crippen LogP contribution in [0.15, 0.2) is 23.1 Å². The van der Waals surface area contributed by atoms with E-state index in [-0.39, 0.29) is 11.5 Å². The standard InChI is InChI=1S/C14H21N3O2/c1-2-15-10-11-4-7-17(8-5-11)14(19)12-3-6-16-13(18)9-12/h3,6,9,11,15H,2,4-5,7-8,10H2,1H3,(H,16,18). The topological polar surface area (TPSA) is 65.2 Å². The number of carbonyl (C=O) groups excluding carboxylic acids is 1. The highest BCUT2D eigenvalue weighted by Gasteiger charge is 2.23. The molecule has 1 fully saturated rings. The van der Waals surface area contributed by atoms with Gasteiger partial charge < -0.3 is 15.2 Å². The van der Waals surface area contributed by atoms with Crippen molar-refractivity contribution in [3.05, 3.63) is 34.2 Å². The van der Waals surface area contributed by atoms with Gasteiger partial charge in [0, 0.05) is 30.9 Å². The van der Waals surface area contributed by atoms with Crippen molar-refractivity contribution >= 4 is 5.91 Å². The van der Waals surface area contributed by atoms with Crippen molar-refractivity contribution in [3.8, 4) is 0 Å². The van der Waals surface area contributed by atoms with Crippen molar-refractivity contribution in [2.24, 2.45) is 5.92 Å². The van der Waals surface area contributed by atoms with Gasteiger partial charge in [0.05, 0.1) is 0 Å². The van der Waals surface area contributed by atoms with Crippen LogP contribution in [0.2, 0.25) is 0 Å². The van der Waals surface area contributed by atoms with E-state index in [9.17, 15) is 9.59 Å². The Hall–Kier alpha value is -1.62. The Kier molecular flexibility index (Phi) is 4.74. The molecule has 0 bridgehead atoms. The van der Waals surface area contributed by atoms with Crippen LogP contribution in [-0.2, 0) is 0 Å². The summed E-state index contributed by atoms with van der Waals surface area (Å²) in [6.07, 6.45) is 3.58.